The monoisotopic (exact) mass is 217 g/mol. The van der Waals surface area contributed by atoms with E-state index in [2.05, 4.69) is 15.0 Å². The molecule has 80 valence electrons. The number of nitrogens with two attached hydrogens (primary N) is 1. The quantitative estimate of drug-likeness (QED) is 0.594. The zero-order valence-electron chi connectivity index (χ0n) is 8.07. The maximum atomic E-state index is 10.8. The van der Waals surface area contributed by atoms with E-state index in [-0.39, 0.29) is 17.2 Å². The maximum absolute atomic E-state index is 10.8. The standard InChI is InChI=1S/C9H7N5O2/c10-9-8(14(15)16)7(12-5-13-9)6-3-1-2-4-11-6/h1-5H,(H2,10,12,13). The van der Waals surface area contributed by atoms with Gasteiger partial charge in [0.05, 0.1) is 10.6 Å². The molecule has 2 N–H and O–H groups in total. The van der Waals surface area contributed by atoms with Crippen molar-refractivity contribution in [1.82, 2.24) is 15.0 Å². The van der Waals surface area contributed by atoms with Crippen LogP contribution in [0.2, 0.25) is 0 Å². The third-order valence-corrected chi connectivity index (χ3v) is 1.94. The first kappa shape index (κ1) is 9.97. The molecule has 0 amide bonds. The van der Waals surface area contributed by atoms with Gasteiger partial charge in [0.1, 0.15) is 6.33 Å². The molecule has 0 aliphatic heterocycles. The van der Waals surface area contributed by atoms with Gasteiger partial charge in [0.2, 0.25) is 5.82 Å². The minimum absolute atomic E-state index is 0.123. The van der Waals surface area contributed by atoms with Crippen LogP contribution in [-0.2, 0) is 0 Å². The molecule has 0 bridgehead atoms. The molecule has 0 spiro atoms. The van der Waals surface area contributed by atoms with Gasteiger partial charge in [-0.3, -0.25) is 15.1 Å². The summed E-state index contributed by atoms with van der Waals surface area (Å²) in [5.74, 6) is -0.166. The third-order valence-electron chi connectivity index (χ3n) is 1.94. The fourth-order valence-electron chi connectivity index (χ4n) is 1.26. The van der Waals surface area contributed by atoms with Crippen molar-refractivity contribution >= 4 is 11.5 Å². The van der Waals surface area contributed by atoms with E-state index in [4.69, 9.17) is 5.73 Å². The van der Waals surface area contributed by atoms with Gasteiger partial charge in [0, 0.05) is 6.20 Å². The molecule has 0 saturated carbocycles. The molecule has 2 heterocycles. The Morgan fingerprint density at radius 1 is 1.25 bits per heavy atom. The van der Waals surface area contributed by atoms with Gasteiger partial charge < -0.3 is 5.73 Å². The summed E-state index contributed by atoms with van der Waals surface area (Å²) in [4.78, 5) is 21.6. The van der Waals surface area contributed by atoms with Gasteiger partial charge >= 0.3 is 5.69 Å². The Bertz CT molecular complexity index is 529. The van der Waals surface area contributed by atoms with E-state index in [0.29, 0.717) is 5.69 Å². The Balaban J connectivity index is 2.66. The lowest BCUT2D eigenvalue weighted by molar-refractivity contribution is -0.383. The molecule has 2 aromatic rings. The highest BCUT2D eigenvalue weighted by Gasteiger charge is 2.22. The van der Waals surface area contributed by atoms with Gasteiger partial charge in [0.25, 0.3) is 0 Å². The molecule has 0 fully saturated rings. The van der Waals surface area contributed by atoms with Crippen molar-refractivity contribution in [2.45, 2.75) is 0 Å². The van der Waals surface area contributed by atoms with Crippen LogP contribution < -0.4 is 5.73 Å². The summed E-state index contributed by atoms with van der Waals surface area (Å²) >= 11 is 0. The highest BCUT2D eigenvalue weighted by molar-refractivity contribution is 5.73. The first-order valence-electron chi connectivity index (χ1n) is 4.36. The predicted octanol–water partition coefficient (Wildman–Crippen LogP) is 1.03. The van der Waals surface area contributed by atoms with Gasteiger partial charge in [-0.15, -0.1) is 0 Å². The number of hydrogen-bond acceptors (Lipinski definition) is 6. The summed E-state index contributed by atoms with van der Waals surface area (Å²) in [6.07, 6.45) is 2.70. The fourth-order valence-corrected chi connectivity index (χ4v) is 1.26. The van der Waals surface area contributed by atoms with Crippen LogP contribution in [0.15, 0.2) is 30.7 Å². The highest BCUT2D eigenvalue weighted by Crippen LogP contribution is 2.29. The summed E-state index contributed by atoms with van der Waals surface area (Å²) in [6, 6.07) is 5.04. The van der Waals surface area contributed by atoms with Gasteiger partial charge in [-0.05, 0) is 12.1 Å². The van der Waals surface area contributed by atoms with Crippen LogP contribution in [-0.4, -0.2) is 19.9 Å². The van der Waals surface area contributed by atoms with Crippen LogP contribution in [0.3, 0.4) is 0 Å². The van der Waals surface area contributed by atoms with Crippen molar-refractivity contribution in [1.29, 1.82) is 0 Å². The first-order valence-corrected chi connectivity index (χ1v) is 4.36. The zero-order valence-corrected chi connectivity index (χ0v) is 8.07. The molecule has 0 saturated heterocycles. The number of rotatable bonds is 2. The first-order chi connectivity index (χ1) is 7.70. The SMILES string of the molecule is Nc1ncnc(-c2ccccn2)c1[N+](=O)[O-]. The fraction of sp³-hybridized carbons (Fsp3) is 0. The second-order valence-electron chi connectivity index (χ2n) is 2.93. The normalized spacial score (nSPS) is 10.0. The van der Waals surface area contributed by atoms with E-state index in [1.54, 1.807) is 18.2 Å². The minimum atomic E-state index is -0.612. The van der Waals surface area contributed by atoms with E-state index in [1.807, 2.05) is 0 Å². The van der Waals surface area contributed by atoms with Crippen molar-refractivity contribution in [3.8, 4) is 11.4 Å². The lowest BCUT2D eigenvalue weighted by Crippen LogP contribution is -2.02. The number of anilines is 1. The molecule has 0 aromatic carbocycles. The van der Waals surface area contributed by atoms with Crippen LogP contribution >= 0.6 is 0 Å². The summed E-state index contributed by atoms with van der Waals surface area (Å²) in [7, 11) is 0. The number of pyridine rings is 1. The highest BCUT2D eigenvalue weighted by atomic mass is 16.6. The Morgan fingerprint density at radius 2 is 2.06 bits per heavy atom. The lowest BCUT2D eigenvalue weighted by atomic mass is 10.2. The second-order valence-corrected chi connectivity index (χ2v) is 2.93. The molecule has 0 aliphatic carbocycles. The average Bonchev–Trinajstić information content (AvgIpc) is 2.29. The van der Waals surface area contributed by atoms with Crippen LogP contribution in [0.25, 0.3) is 11.4 Å². The van der Waals surface area contributed by atoms with Crippen LogP contribution in [0.1, 0.15) is 0 Å². The molecule has 16 heavy (non-hydrogen) atoms. The van der Waals surface area contributed by atoms with E-state index >= 15 is 0 Å². The largest absolute Gasteiger partial charge is 0.378 e. The molecule has 0 aliphatic rings. The van der Waals surface area contributed by atoms with Crippen molar-refractivity contribution in [3.63, 3.8) is 0 Å². The Morgan fingerprint density at radius 3 is 2.69 bits per heavy atom. The van der Waals surface area contributed by atoms with Gasteiger partial charge in [-0.2, -0.15) is 0 Å². The van der Waals surface area contributed by atoms with Gasteiger partial charge in [0.15, 0.2) is 5.69 Å². The molecule has 7 nitrogen and oxygen atoms in total. The Kier molecular flexibility index (Phi) is 2.42. The van der Waals surface area contributed by atoms with E-state index in [9.17, 15) is 10.1 Å². The number of aromatic nitrogens is 3. The van der Waals surface area contributed by atoms with Gasteiger partial charge in [-0.25, -0.2) is 9.97 Å². The van der Waals surface area contributed by atoms with Crippen molar-refractivity contribution in [2.24, 2.45) is 0 Å². The van der Waals surface area contributed by atoms with Crippen molar-refractivity contribution < 1.29 is 4.92 Å². The molecule has 0 unspecified atom stereocenters. The topological polar surface area (TPSA) is 108 Å². The smallest absolute Gasteiger partial charge is 0.338 e. The molecule has 0 atom stereocenters. The van der Waals surface area contributed by atoms with Crippen LogP contribution in [0.4, 0.5) is 11.5 Å². The summed E-state index contributed by atoms with van der Waals surface area (Å²) in [5.41, 5.74) is 5.64. The number of nitrogens with zero attached hydrogens (tertiary/aromatic N) is 4. The predicted molar refractivity (Wildman–Crippen MR) is 56.3 cm³/mol. The minimum Gasteiger partial charge on any atom is -0.378 e. The molecule has 2 rings (SSSR count). The number of hydrogen-bond donors (Lipinski definition) is 1. The Labute approximate surface area is 90.1 Å². The second kappa shape index (κ2) is 3.89. The summed E-state index contributed by atoms with van der Waals surface area (Å²) < 4.78 is 0. The molecule has 7 heteroatoms. The van der Waals surface area contributed by atoms with Crippen molar-refractivity contribution in [2.75, 3.05) is 5.73 Å². The molecule has 2 aromatic heterocycles. The molecular weight excluding hydrogens is 210 g/mol. The van der Waals surface area contributed by atoms with Gasteiger partial charge in [-0.1, -0.05) is 6.07 Å². The van der Waals surface area contributed by atoms with Crippen molar-refractivity contribution in [3.05, 3.63) is 40.8 Å². The maximum Gasteiger partial charge on any atom is 0.338 e. The van der Waals surface area contributed by atoms with Crippen LogP contribution in [0.5, 0.6) is 0 Å². The zero-order chi connectivity index (χ0) is 11.5. The Hall–Kier alpha value is -2.57. The summed E-state index contributed by atoms with van der Waals surface area (Å²) in [6.45, 7) is 0. The third kappa shape index (κ3) is 1.65. The lowest BCUT2D eigenvalue weighted by Gasteiger charge is -2.01. The molecular formula is C9H7N5O2. The van der Waals surface area contributed by atoms with E-state index < -0.39 is 4.92 Å². The molecule has 0 radical (unpaired) electrons. The van der Waals surface area contributed by atoms with Crippen LogP contribution in [0, 0.1) is 10.1 Å². The van der Waals surface area contributed by atoms with E-state index in [1.165, 1.54) is 12.5 Å². The summed E-state index contributed by atoms with van der Waals surface area (Å²) in [5, 5.41) is 10.8. The number of nitrogen functional groups attached to an aromatic ring is 1. The average molecular weight is 217 g/mol. The van der Waals surface area contributed by atoms with E-state index in [0.717, 1.165) is 0 Å². The number of nitro groups is 1.